The minimum absolute atomic E-state index is 0.0336. The molecule has 0 bridgehead atoms. The molecule has 1 rings (SSSR count). The first-order chi connectivity index (χ1) is 7.45. The maximum absolute atomic E-state index is 11.1. The van der Waals surface area contributed by atoms with Crippen molar-refractivity contribution in [2.75, 3.05) is 14.2 Å². The summed E-state index contributed by atoms with van der Waals surface area (Å²) in [5.41, 5.74) is 2.10. The molecule has 0 N–H and O–H groups in total. The molecule has 0 spiro atoms. The molecule has 0 heterocycles. The summed E-state index contributed by atoms with van der Waals surface area (Å²) >= 11 is 6.04. The zero-order chi connectivity index (χ0) is 12.3. The van der Waals surface area contributed by atoms with E-state index in [0.29, 0.717) is 17.3 Å². The van der Waals surface area contributed by atoms with Crippen LogP contribution in [0.25, 0.3) is 0 Å². The summed E-state index contributed by atoms with van der Waals surface area (Å²) in [6, 6.07) is 3.72. The fraction of sp³-hybridized carbons (Fsp3) is 0.417. The van der Waals surface area contributed by atoms with Gasteiger partial charge in [0.05, 0.1) is 12.1 Å². The molecular weight excluding hydrogens is 226 g/mol. The molecule has 0 radical (unpaired) electrons. The van der Waals surface area contributed by atoms with Gasteiger partial charge in [0, 0.05) is 20.5 Å². The number of hydrogen-bond donors (Lipinski definition) is 0. The molecule has 0 unspecified atom stereocenters. The van der Waals surface area contributed by atoms with Gasteiger partial charge in [0.2, 0.25) is 5.91 Å². The van der Waals surface area contributed by atoms with Gasteiger partial charge in [-0.05, 0) is 30.2 Å². The zero-order valence-electron chi connectivity index (χ0n) is 10.0. The van der Waals surface area contributed by atoms with Crippen LogP contribution in [0.4, 0.5) is 0 Å². The van der Waals surface area contributed by atoms with Gasteiger partial charge < -0.3 is 9.64 Å². The van der Waals surface area contributed by atoms with Crippen molar-refractivity contribution in [2.45, 2.75) is 20.4 Å². The third-order valence-electron chi connectivity index (χ3n) is 2.56. The molecule has 0 fully saturated rings. The van der Waals surface area contributed by atoms with Crippen LogP contribution in [0, 0.1) is 6.92 Å². The summed E-state index contributed by atoms with van der Waals surface area (Å²) < 4.78 is 5.12. The number of aryl methyl sites for hydroxylation is 1. The van der Waals surface area contributed by atoms with Crippen LogP contribution in [0.1, 0.15) is 18.1 Å². The Bertz CT molecular complexity index is 404. The largest absolute Gasteiger partial charge is 0.495 e. The van der Waals surface area contributed by atoms with E-state index >= 15 is 0 Å². The van der Waals surface area contributed by atoms with E-state index in [1.165, 1.54) is 0 Å². The standard InChI is InChI=1S/C12H16ClNO2/c1-8-5-12(16-4)11(13)6-10(8)7-14(3)9(2)15/h5-6H,7H2,1-4H3. The molecule has 1 amide bonds. The first-order valence-corrected chi connectivity index (χ1v) is 5.38. The van der Waals surface area contributed by atoms with E-state index in [1.54, 1.807) is 26.0 Å². The Labute approximate surface area is 101 Å². The Hall–Kier alpha value is -1.22. The van der Waals surface area contributed by atoms with Crippen molar-refractivity contribution in [2.24, 2.45) is 0 Å². The number of carbonyl (C=O) groups excluding carboxylic acids is 1. The monoisotopic (exact) mass is 241 g/mol. The number of methoxy groups -OCH3 is 1. The minimum Gasteiger partial charge on any atom is -0.495 e. The molecule has 0 saturated carbocycles. The highest BCUT2D eigenvalue weighted by atomic mass is 35.5. The van der Waals surface area contributed by atoms with Gasteiger partial charge in [-0.1, -0.05) is 11.6 Å². The Morgan fingerprint density at radius 2 is 2.12 bits per heavy atom. The summed E-state index contributed by atoms with van der Waals surface area (Å²) in [6.45, 7) is 4.08. The van der Waals surface area contributed by atoms with E-state index in [-0.39, 0.29) is 5.91 Å². The Morgan fingerprint density at radius 1 is 1.50 bits per heavy atom. The summed E-state index contributed by atoms with van der Waals surface area (Å²) in [4.78, 5) is 12.8. The molecule has 0 aliphatic heterocycles. The highest BCUT2D eigenvalue weighted by molar-refractivity contribution is 6.32. The van der Waals surface area contributed by atoms with Crippen molar-refractivity contribution >= 4 is 17.5 Å². The lowest BCUT2D eigenvalue weighted by Gasteiger charge is -2.17. The van der Waals surface area contributed by atoms with Crippen LogP contribution in [0.5, 0.6) is 5.75 Å². The number of benzene rings is 1. The minimum atomic E-state index is 0.0336. The number of ether oxygens (including phenoxy) is 1. The van der Waals surface area contributed by atoms with Crippen molar-refractivity contribution in [3.63, 3.8) is 0 Å². The second-order valence-corrected chi connectivity index (χ2v) is 4.20. The number of halogens is 1. The number of rotatable bonds is 3. The first-order valence-electron chi connectivity index (χ1n) is 5.00. The van der Waals surface area contributed by atoms with E-state index in [0.717, 1.165) is 11.1 Å². The molecule has 0 saturated heterocycles. The van der Waals surface area contributed by atoms with Crippen LogP contribution in [0.3, 0.4) is 0 Å². The lowest BCUT2D eigenvalue weighted by Crippen LogP contribution is -2.23. The third-order valence-corrected chi connectivity index (χ3v) is 2.85. The highest BCUT2D eigenvalue weighted by Crippen LogP contribution is 2.28. The van der Waals surface area contributed by atoms with Crippen LogP contribution in [-0.2, 0) is 11.3 Å². The van der Waals surface area contributed by atoms with Gasteiger partial charge in [0.15, 0.2) is 0 Å². The topological polar surface area (TPSA) is 29.5 Å². The second kappa shape index (κ2) is 5.21. The quantitative estimate of drug-likeness (QED) is 0.814. The van der Waals surface area contributed by atoms with Gasteiger partial charge in [-0.2, -0.15) is 0 Å². The van der Waals surface area contributed by atoms with Gasteiger partial charge >= 0.3 is 0 Å². The summed E-state index contributed by atoms with van der Waals surface area (Å²) in [6.07, 6.45) is 0. The molecule has 0 aliphatic carbocycles. The van der Waals surface area contributed by atoms with Crippen molar-refractivity contribution < 1.29 is 9.53 Å². The smallest absolute Gasteiger partial charge is 0.219 e. The first kappa shape index (κ1) is 12.8. The number of amides is 1. The Morgan fingerprint density at radius 3 is 2.62 bits per heavy atom. The average molecular weight is 242 g/mol. The van der Waals surface area contributed by atoms with Crippen molar-refractivity contribution in [3.8, 4) is 5.75 Å². The molecule has 3 nitrogen and oxygen atoms in total. The Kier molecular flexibility index (Phi) is 4.19. The van der Waals surface area contributed by atoms with Crippen LogP contribution >= 0.6 is 11.6 Å². The normalized spacial score (nSPS) is 10.1. The Balaban J connectivity index is 2.98. The molecule has 0 aliphatic rings. The van der Waals surface area contributed by atoms with E-state index in [4.69, 9.17) is 16.3 Å². The van der Waals surface area contributed by atoms with Crippen LogP contribution in [0.2, 0.25) is 5.02 Å². The van der Waals surface area contributed by atoms with Gasteiger partial charge in [-0.25, -0.2) is 0 Å². The van der Waals surface area contributed by atoms with Crippen molar-refractivity contribution in [3.05, 3.63) is 28.3 Å². The molecule has 4 heteroatoms. The van der Waals surface area contributed by atoms with Gasteiger partial charge in [-0.3, -0.25) is 4.79 Å². The molecule has 16 heavy (non-hydrogen) atoms. The summed E-state index contributed by atoms with van der Waals surface area (Å²) in [5.74, 6) is 0.694. The molecular formula is C12H16ClNO2. The molecule has 1 aromatic carbocycles. The number of carbonyl (C=O) groups is 1. The molecule has 0 atom stereocenters. The highest BCUT2D eigenvalue weighted by Gasteiger charge is 2.09. The van der Waals surface area contributed by atoms with Gasteiger partial charge in [0.25, 0.3) is 0 Å². The van der Waals surface area contributed by atoms with Gasteiger partial charge in [-0.15, -0.1) is 0 Å². The van der Waals surface area contributed by atoms with Crippen LogP contribution < -0.4 is 4.74 Å². The summed E-state index contributed by atoms with van der Waals surface area (Å²) in [7, 11) is 3.35. The van der Waals surface area contributed by atoms with E-state index < -0.39 is 0 Å². The van der Waals surface area contributed by atoms with Gasteiger partial charge in [0.1, 0.15) is 5.75 Å². The van der Waals surface area contributed by atoms with Crippen LogP contribution in [0.15, 0.2) is 12.1 Å². The number of nitrogens with zero attached hydrogens (tertiary/aromatic N) is 1. The van der Waals surface area contributed by atoms with Crippen molar-refractivity contribution in [1.29, 1.82) is 0 Å². The van der Waals surface area contributed by atoms with E-state index in [1.807, 2.05) is 19.1 Å². The fourth-order valence-corrected chi connectivity index (χ4v) is 1.65. The summed E-state index contributed by atoms with van der Waals surface area (Å²) in [5, 5.41) is 0.569. The lowest BCUT2D eigenvalue weighted by molar-refractivity contribution is -0.128. The molecule has 1 aromatic rings. The average Bonchev–Trinajstić information content (AvgIpc) is 2.22. The lowest BCUT2D eigenvalue weighted by atomic mass is 10.1. The van der Waals surface area contributed by atoms with E-state index in [9.17, 15) is 4.79 Å². The predicted molar refractivity (Wildman–Crippen MR) is 64.9 cm³/mol. The molecule has 88 valence electrons. The maximum atomic E-state index is 11.1. The second-order valence-electron chi connectivity index (χ2n) is 3.79. The SMILES string of the molecule is COc1cc(C)c(CN(C)C(C)=O)cc1Cl. The third kappa shape index (κ3) is 2.89. The zero-order valence-corrected chi connectivity index (χ0v) is 10.8. The van der Waals surface area contributed by atoms with Crippen LogP contribution in [-0.4, -0.2) is 25.0 Å². The number of hydrogen-bond acceptors (Lipinski definition) is 2. The predicted octanol–water partition coefficient (Wildman–Crippen LogP) is 2.64. The molecule has 0 aromatic heterocycles. The maximum Gasteiger partial charge on any atom is 0.219 e. The van der Waals surface area contributed by atoms with Crippen molar-refractivity contribution in [1.82, 2.24) is 4.90 Å². The fourth-order valence-electron chi connectivity index (χ4n) is 1.39. The van der Waals surface area contributed by atoms with E-state index in [2.05, 4.69) is 0 Å².